The number of benzene rings is 2. The average molecular weight is 414 g/mol. The van der Waals surface area contributed by atoms with E-state index < -0.39 is 5.82 Å². The molecule has 1 heterocycles. The molecule has 1 amide bonds. The van der Waals surface area contributed by atoms with Crippen LogP contribution in [0.1, 0.15) is 23.2 Å². The molecule has 6 heteroatoms. The Balaban J connectivity index is 1.54. The van der Waals surface area contributed by atoms with Gasteiger partial charge in [-0.25, -0.2) is 4.39 Å². The standard InChI is InChI=1S/C25H21FN3O2/c26-25-20(17-21(18-27)22-10-4-5-14-28-22)9-6-11-23(25)31-16-13-24(30)29-15-12-19-7-2-1-3-8-19/h1-11,14-15,17H,12-13,16H2,(H,29,30). The third-order valence-corrected chi connectivity index (χ3v) is 4.38. The monoisotopic (exact) mass is 414 g/mol. The number of carbonyl (C=O) groups excluding carboxylic acids is 1. The molecular formula is C25H21FN3O2. The number of aromatic nitrogens is 1. The summed E-state index contributed by atoms with van der Waals surface area (Å²) < 4.78 is 20.2. The van der Waals surface area contributed by atoms with Crippen LogP contribution in [0.3, 0.4) is 0 Å². The lowest BCUT2D eigenvalue weighted by atomic mass is 10.1. The number of halogens is 1. The first-order valence-electron chi connectivity index (χ1n) is 9.77. The van der Waals surface area contributed by atoms with Crippen molar-refractivity contribution < 1.29 is 13.9 Å². The highest BCUT2D eigenvalue weighted by atomic mass is 19.1. The second-order valence-electron chi connectivity index (χ2n) is 6.60. The van der Waals surface area contributed by atoms with Crippen LogP contribution < -0.4 is 10.1 Å². The third-order valence-electron chi connectivity index (χ3n) is 4.38. The van der Waals surface area contributed by atoms with Gasteiger partial charge >= 0.3 is 0 Å². The smallest absolute Gasteiger partial charge is 0.223 e. The fraction of sp³-hybridized carbons (Fsp3) is 0.120. The number of amides is 1. The molecule has 31 heavy (non-hydrogen) atoms. The zero-order valence-corrected chi connectivity index (χ0v) is 16.8. The second kappa shape index (κ2) is 11.3. The van der Waals surface area contributed by atoms with E-state index in [-0.39, 0.29) is 35.8 Å². The Labute approximate surface area is 180 Å². The normalized spacial score (nSPS) is 10.9. The first-order chi connectivity index (χ1) is 15.2. The first-order valence-corrected chi connectivity index (χ1v) is 9.77. The van der Waals surface area contributed by atoms with Crippen molar-refractivity contribution in [3.05, 3.63) is 102 Å². The molecule has 1 radical (unpaired) electrons. The van der Waals surface area contributed by atoms with Crippen LogP contribution in [0.15, 0.2) is 72.9 Å². The van der Waals surface area contributed by atoms with Crippen LogP contribution in [0.2, 0.25) is 0 Å². The minimum absolute atomic E-state index is 0.0214. The Morgan fingerprint density at radius 1 is 1.10 bits per heavy atom. The van der Waals surface area contributed by atoms with Crippen molar-refractivity contribution in [2.75, 3.05) is 6.61 Å². The average Bonchev–Trinajstić information content (AvgIpc) is 2.80. The molecule has 0 aliphatic rings. The molecule has 0 saturated carbocycles. The van der Waals surface area contributed by atoms with Crippen LogP contribution in [0.25, 0.3) is 11.6 Å². The summed E-state index contributed by atoms with van der Waals surface area (Å²) in [6, 6.07) is 21.6. The van der Waals surface area contributed by atoms with Gasteiger partial charge < -0.3 is 10.1 Å². The van der Waals surface area contributed by atoms with Crippen molar-refractivity contribution >= 4 is 17.6 Å². The van der Waals surface area contributed by atoms with Gasteiger partial charge in [0.15, 0.2) is 11.6 Å². The van der Waals surface area contributed by atoms with Crippen molar-refractivity contribution in [2.45, 2.75) is 12.8 Å². The molecule has 1 N–H and O–H groups in total. The summed E-state index contributed by atoms with van der Waals surface area (Å²) in [6.45, 7) is 1.71. The molecule has 0 atom stereocenters. The van der Waals surface area contributed by atoms with Gasteiger partial charge in [0.25, 0.3) is 0 Å². The van der Waals surface area contributed by atoms with Crippen LogP contribution >= 0.6 is 0 Å². The minimum Gasteiger partial charge on any atom is -0.490 e. The molecule has 0 aliphatic carbocycles. The van der Waals surface area contributed by atoms with E-state index in [1.807, 2.05) is 36.4 Å². The fourth-order valence-corrected chi connectivity index (χ4v) is 2.81. The van der Waals surface area contributed by atoms with Gasteiger partial charge in [-0.2, -0.15) is 5.26 Å². The number of rotatable bonds is 9. The molecule has 2 aromatic carbocycles. The molecule has 0 aliphatic heterocycles. The zero-order chi connectivity index (χ0) is 21.9. The minimum atomic E-state index is -0.595. The summed E-state index contributed by atoms with van der Waals surface area (Å²) in [5.41, 5.74) is 2.00. The van der Waals surface area contributed by atoms with Crippen molar-refractivity contribution in [1.29, 1.82) is 5.26 Å². The molecule has 0 spiro atoms. The Bertz CT molecular complexity index is 1080. The molecule has 0 saturated heterocycles. The summed E-state index contributed by atoms with van der Waals surface area (Å²) >= 11 is 0. The van der Waals surface area contributed by atoms with Crippen molar-refractivity contribution in [2.24, 2.45) is 0 Å². The van der Waals surface area contributed by atoms with E-state index in [0.717, 1.165) is 5.56 Å². The van der Waals surface area contributed by atoms with E-state index in [1.54, 1.807) is 43.1 Å². The molecular weight excluding hydrogens is 393 g/mol. The van der Waals surface area contributed by atoms with Crippen LogP contribution in [0.4, 0.5) is 4.39 Å². The number of nitriles is 1. The van der Waals surface area contributed by atoms with Gasteiger partial charge in [-0.05, 0) is 36.3 Å². The van der Waals surface area contributed by atoms with E-state index in [0.29, 0.717) is 12.1 Å². The predicted octanol–water partition coefficient (Wildman–Crippen LogP) is 4.57. The van der Waals surface area contributed by atoms with E-state index in [9.17, 15) is 14.4 Å². The van der Waals surface area contributed by atoms with Gasteiger partial charge in [-0.3, -0.25) is 9.78 Å². The Morgan fingerprint density at radius 2 is 1.90 bits per heavy atom. The van der Waals surface area contributed by atoms with E-state index in [2.05, 4.69) is 10.3 Å². The SMILES string of the molecule is N#CC(=Cc1cccc(OCCC(=O)N[CH]Cc2ccccc2)c1F)c1ccccn1. The van der Waals surface area contributed by atoms with E-state index >= 15 is 0 Å². The topological polar surface area (TPSA) is 75.0 Å². The molecule has 0 bridgehead atoms. The summed E-state index contributed by atoms with van der Waals surface area (Å²) in [7, 11) is 0. The van der Waals surface area contributed by atoms with Gasteiger partial charge in [0.2, 0.25) is 5.91 Å². The van der Waals surface area contributed by atoms with Crippen LogP contribution in [0.5, 0.6) is 5.75 Å². The molecule has 0 fully saturated rings. The number of pyridine rings is 1. The Morgan fingerprint density at radius 3 is 2.65 bits per heavy atom. The summed E-state index contributed by atoms with van der Waals surface area (Å²) in [6.07, 6.45) is 3.70. The Hall–Kier alpha value is -3.98. The number of ether oxygens (including phenoxy) is 1. The van der Waals surface area contributed by atoms with Crippen molar-refractivity contribution in [3.63, 3.8) is 0 Å². The lowest BCUT2D eigenvalue weighted by Crippen LogP contribution is -2.23. The van der Waals surface area contributed by atoms with Crippen molar-refractivity contribution in [3.8, 4) is 11.8 Å². The fourth-order valence-electron chi connectivity index (χ4n) is 2.81. The molecule has 0 unspecified atom stereocenters. The quantitative estimate of drug-likeness (QED) is 0.520. The lowest BCUT2D eigenvalue weighted by molar-refractivity contribution is -0.121. The maximum atomic E-state index is 14.8. The maximum absolute atomic E-state index is 14.8. The van der Waals surface area contributed by atoms with Gasteiger partial charge in [-0.15, -0.1) is 0 Å². The number of allylic oxidation sites excluding steroid dienone is 1. The second-order valence-corrected chi connectivity index (χ2v) is 6.60. The van der Waals surface area contributed by atoms with Gasteiger partial charge in [0.05, 0.1) is 30.8 Å². The zero-order valence-electron chi connectivity index (χ0n) is 16.8. The lowest BCUT2D eigenvalue weighted by Gasteiger charge is -2.09. The van der Waals surface area contributed by atoms with E-state index in [1.165, 1.54) is 12.1 Å². The molecule has 5 nitrogen and oxygen atoms in total. The number of nitrogens with one attached hydrogen (secondary N) is 1. The van der Waals surface area contributed by atoms with Gasteiger partial charge in [0.1, 0.15) is 6.07 Å². The number of nitrogens with zero attached hydrogens (tertiary/aromatic N) is 2. The van der Waals surface area contributed by atoms with Crippen LogP contribution in [-0.2, 0) is 11.2 Å². The summed E-state index contributed by atoms with van der Waals surface area (Å²) in [5.74, 6) is -0.787. The van der Waals surface area contributed by atoms with Gasteiger partial charge in [0, 0.05) is 11.8 Å². The summed E-state index contributed by atoms with van der Waals surface area (Å²) in [5, 5.41) is 12.1. The van der Waals surface area contributed by atoms with Gasteiger partial charge in [-0.1, -0.05) is 48.5 Å². The highest BCUT2D eigenvalue weighted by Gasteiger charge is 2.11. The number of carbonyl (C=O) groups is 1. The van der Waals surface area contributed by atoms with Crippen LogP contribution in [-0.4, -0.2) is 17.5 Å². The maximum Gasteiger partial charge on any atom is 0.223 e. The highest BCUT2D eigenvalue weighted by Crippen LogP contribution is 2.24. The number of hydrogen-bond acceptors (Lipinski definition) is 4. The largest absolute Gasteiger partial charge is 0.490 e. The molecule has 1 aromatic heterocycles. The third kappa shape index (κ3) is 6.51. The summed E-state index contributed by atoms with van der Waals surface area (Å²) in [4.78, 5) is 16.1. The molecule has 3 aromatic rings. The predicted molar refractivity (Wildman–Crippen MR) is 117 cm³/mol. The Kier molecular flexibility index (Phi) is 7.90. The molecule has 155 valence electrons. The highest BCUT2D eigenvalue weighted by molar-refractivity contribution is 5.88. The van der Waals surface area contributed by atoms with Crippen molar-refractivity contribution in [1.82, 2.24) is 10.3 Å². The first kappa shape index (κ1) is 21.7. The molecule has 3 rings (SSSR count). The van der Waals surface area contributed by atoms with Crippen LogP contribution in [0, 0.1) is 23.7 Å². The van der Waals surface area contributed by atoms with E-state index in [4.69, 9.17) is 4.74 Å². The number of hydrogen-bond donors (Lipinski definition) is 1.